The van der Waals surface area contributed by atoms with E-state index in [1.54, 1.807) is 0 Å². The molecule has 0 amide bonds. The van der Waals surface area contributed by atoms with Crippen LogP contribution in [0.15, 0.2) is 0 Å². The van der Waals surface area contributed by atoms with Crippen LogP contribution in [0.25, 0.3) is 0 Å². The van der Waals surface area contributed by atoms with E-state index in [9.17, 15) is 0 Å². The highest BCUT2D eigenvalue weighted by Crippen LogP contribution is 2.18. The van der Waals surface area contributed by atoms with E-state index >= 15 is 0 Å². The predicted molar refractivity (Wildman–Crippen MR) is 53.4 cm³/mol. The fraction of sp³-hybridized carbons (Fsp3) is 1.00. The molecule has 12 heavy (non-hydrogen) atoms. The third-order valence-electron chi connectivity index (χ3n) is 2.77. The summed E-state index contributed by atoms with van der Waals surface area (Å²) in [6.07, 6.45) is 2.83. The summed E-state index contributed by atoms with van der Waals surface area (Å²) in [5.41, 5.74) is 0. The first-order chi connectivity index (χ1) is 5.86. The molecule has 1 unspecified atom stereocenters. The summed E-state index contributed by atoms with van der Waals surface area (Å²) in [5.74, 6) is 0. The molecule has 0 aromatic heterocycles. The average Bonchev–Trinajstić information content (AvgIpc) is 2.37. The van der Waals surface area contributed by atoms with Crippen molar-refractivity contribution in [2.24, 2.45) is 0 Å². The molecule has 2 fully saturated rings. The van der Waals surface area contributed by atoms with E-state index in [4.69, 9.17) is 0 Å². The molecule has 1 atom stereocenters. The van der Waals surface area contributed by atoms with Gasteiger partial charge < -0.3 is 4.90 Å². The number of rotatable bonds is 1. The van der Waals surface area contributed by atoms with Gasteiger partial charge in [-0.05, 0) is 39.5 Å². The van der Waals surface area contributed by atoms with Crippen LogP contribution in [0.2, 0.25) is 0 Å². The fourth-order valence-corrected chi connectivity index (χ4v) is 1.92. The zero-order chi connectivity index (χ0) is 8.97. The van der Waals surface area contributed by atoms with Crippen LogP contribution in [-0.4, -0.2) is 49.1 Å². The van der Waals surface area contributed by atoms with E-state index in [2.05, 4.69) is 16.8 Å². The van der Waals surface area contributed by atoms with Crippen LogP contribution < -0.4 is 0 Å². The molecule has 0 N–H and O–H groups in total. The Hall–Kier alpha value is -0.0800. The molecule has 2 aliphatic heterocycles. The quantitative estimate of drug-likeness (QED) is 0.587. The molecule has 0 bridgehead atoms. The molecule has 2 heteroatoms. The zero-order valence-corrected chi connectivity index (χ0v) is 8.71. The molecule has 2 rings (SSSR count). The Bertz CT molecular complexity index is 121. The van der Waals surface area contributed by atoms with Gasteiger partial charge in [-0.1, -0.05) is 13.8 Å². The second-order valence-corrected chi connectivity index (χ2v) is 3.59. The van der Waals surface area contributed by atoms with Crippen molar-refractivity contribution in [3.63, 3.8) is 0 Å². The maximum Gasteiger partial charge on any atom is 0.0235 e. The van der Waals surface area contributed by atoms with E-state index in [1.807, 2.05) is 13.8 Å². The molecule has 0 spiro atoms. The average molecular weight is 170 g/mol. The molecular weight excluding hydrogens is 148 g/mol. The summed E-state index contributed by atoms with van der Waals surface area (Å²) >= 11 is 0. The van der Waals surface area contributed by atoms with Crippen LogP contribution in [-0.2, 0) is 0 Å². The van der Waals surface area contributed by atoms with Gasteiger partial charge >= 0.3 is 0 Å². The molecule has 2 saturated heterocycles. The maximum absolute atomic E-state index is 2.61. The topological polar surface area (TPSA) is 6.48 Å². The first-order valence-corrected chi connectivity index (χ1v) is 5.29. The first-order valence-electron chi connectivity index (χ1n) is 5.29. The molecule has 0 aromatic carbocycles. The molecular formula is C10H22N2. The lowest BCUT2D eigenvalue weighted by atomic mass is 10.1. The van der Waals surface area contributed by atoms with Crippen LogP contribution >= 0.6 is 0 Å². The molecule has 0 radical (unpaired) electrons. The van der Waals surface area contributed by atoms with Crippen molar-refractivity contribution in [2.75, 3.05) is 33.2 Å². The number of nitrogens with zero attached hydrogens (tertiary/aromatic N) is 2. The minimum atomic E-state index is 0.902. The van der Waals surface area contributed by atoms with E-state index < -0.39 is 0 Å². The van der Waals surface area contributed by atoms with Gasteiger partial charge in [-0.15, -0.1) is 0 Å². The summed E-state index contributed by atoms with van der Waals surface area (Å²) in [4.78, 5) is 5.05. The summed E-state index contributed by atoms with van der Waals surface area (Å²) < 4.78 is 0. The van der Waals surface area contributed by atoms with Crippen molar-refractivity contribution in [1.29, 1.82) is 0 Å². The SMILES string of the molecule is CC.CN1CCC(N2CCC2)C1. The minimum absolute atomic E-state index is 0.902. The van der Waals surface area contributed by atoms with Crippen LogP contribution in [0.3, 0.4) is 0 Å². The van der Waals surface area contributed by atoms with Crippen molar-refractivity contribution in [1.82, 2.24) is 9.80 Å². The number of likely N-dealkylation sites (tertiary alicyclic amines) is 2. The van der Waals surface area contributed by atoms with Crippen molar-refractivity contribution in [3.05, 3.63) is 0 Å². The van der Waals surface area contributed by atoms with Gasteiger partial charge in [0.1, 0.15) is 0 Å². The Morgan fingerprint density at radius 3 is 2.08 bits per heavy atom. The van der Waals surface area contributed by atoms with Gasteiger partial charge in [-0.25, -0.2) is 0 Å². The van der Waals surface area contributed by atoms with Crippen molar-refractivity contribution in [2.45, 2.75) is 32.7 Å². The molecule has 72 valence electrons. The second kappa shape index (κ2) is 4.83. The molecule has 0 aromatic rings. The summed E-state index contributed by atoms with van der Waals surface area (Å²) in [7, 11) is 2.22. The molecule has 2 nitrogen and oxygen atoms in total. The van der Waals surface area contributed by atoms with Crippen molar-refractivity contribution < 1.29 is 0 Å². The van der Waals surface area contributed by atoms with Gasteiger partial charge in [-0.3, -0.25) is 4.90 Å². The van der Waals surface area contributed by atoms with Gasteiger partial charge in [0, 0.05) is 12.6 Å². The minimum Gasteiger partial charge on any atom is -0.305 e. The van der Waals surface area contributed by atoms with E-state index in [0.29, 0.717) is 0 Å². The monoisotopic (exact) mass is 170 g/mol. The van der Waals surface area contributed by atoms with Crippen LogP contribution in [0.1, 0.15) is 26.7 Å². The zero-order valence-electron chi connectivity index (χ0n) is 8.71. The van der Waals surface area contributed by atoms with Crippen LogP contribution in [0, 0.1) is 0 Å². The highest BCUT2D eigenvalue weighted by molar-refractivity contribution is 4.85. The summed E-state index contributed by atoms with van der Waals surface area (Å²) in [6, 6.07) is 0.902. The standard InChI is InChI=1S/C8H16N2.C2H6/c1-9-6-3-8(7-9)10-4-2-5-10;1-2/h8H,2-7H2,1H3;1-2H3. The highest BCUT2D eigenvalue weighted by Gasteiger charge is 2.28. The van der Waals surface area contributed by atoms with E-state index in [-0.39, 0.29) is 0 Å². The third-order valence-corrected chi connectivity index (χ3v) is 2.77. The normalized spacial score (nSPS) is 30.8. The molecule has 0 saturated carbocycles. The van der Waals surface area contributed by atoms with E-state index in [0.717, 1.165) is 6.04 Å². The summed E-state index contributed by atoms with van der Waals surface area (Å²) in [5, 5.41) is 0. The van der Waals surface area contributed by atoms with Crippen molar-refractivity contribution in [3.8, 4) is 0 Å². The number of hydrogen-bond donors (Lipinski definition) is 0. The number of likely N-dealkylation sites (N-methyl/N-ethyl adjacent to an activating group) is 1. The third kappa shape index (κ3) is 2.20. The second-order valence-electron chi connectivity index (χ2n) is 3.59. The van der Waals surface area contributed by atoms with Crippen LogP contribution in [0.5, 0.6) is 0 Å². The van der Waals surface area contributed by atoms with Gasteiger partial charge in [-0.2, -0.15) is 0 Å². The first kappa shape index (κ1) is 10.0. The van der Waals surface area contributed by atoms with Gasteiger partial charge in [0.2, 0.25) is 0 Å². The smallest absolute Gasteiger partial charge is 0.0235 e. The lowest BCUT2D eigenvalue weighted by molar-refractivity contribution is 0.122. The Balaban J connectivity index is 0.000000336. The largest absolute Gasteiger partial charge is 0.305 e. The maximum atomic E-state index is 2.61. The Labute approximate surface area is 76.5 Å². The van der Waals surface area contributed by atoms with Gasteiger partial charge in [0.25, 0.3) is 0 Å². The molecule has 2 heterocycles. The van der Waals surface area contributed by atoms with Crippen LogP contribution in [0.4, 0.5) is 0 Å². The Morgan fingerprint density at radius 1 is 1.08 bits per heavy atom. The van der Waals surface area contributed by atoms with Crippen molar-refractivity contribution >= 4 is 0 Å². The highest BCUT2D eigenvalue weighted by atomic mass is 15.3. The van der Waals surface area contributed by atoms with Gasteiger partial charge in [0.15, 0.2) is 0 Å². The lowest BCUT2D eigenvalue weighted by Gasteiger charge is -2.36. The van der Waals surface area contributed by atoms with E-state index in [1.165, 1.54) is 39.0 Å². The Morgan fingerprint density at radius 2 is 1.75 bits per heavy atom. The lowest BCUT2D eigenvalue weighted by Crippen LogP contribution is -2.46. The predicted octanol–water partition coefficient (Wildman–Crippen LogP) is 1.42. The fourth-order valence-electron chi connectivity index (χ4n) is 1.92. The molecule has 0 aliphatic carbocycles. The van der Waals surface area contributed by atoms with Gasteiger partial charge in [0.05, 0.1) is 0 Å². The summed E-state index contributed by atoms with van der Waals surface area (Å²) in [6.45, 7) is 9.33. The number of hydrogen-bond acceptors (Lipinski definition) is 2. The Kier molecular flexibility index (Phi) is 4.02. The molecule has 2 aliphatic rings.